The summed E-state index contributed by atoms with van der Waals surface area (Å²) >= 11 is 0. The lowest BCUT2D eigenvalue weighted by Crippen LogP contribution is -2.60. The van der Waals surface area contributed by atoms with Crippen molar-refractivity contribution in [2.45, 2.75) is 68.5 Å². The first-order chi connectivity index (χ1) is 21.9. The highest BCUT2D eigenvalue weighted by Crippen LogP contribution is 2.52. The predicted octanol–water partition coefficient (Wildman–Crippen LogP) is 0.267. The van der Waals surface area contributed by atoms with Gasteiger partial charge in [0, 0.05) is 48.5 Å². The molecule has 4 aliphatic rings. The molecule has 2 aliphatic carbocycles. The molecule has 14 heteroatoms. The Labute approximate surface area is 263 Å². The van der Waals surface area contributed by atoms with Gasteiger partial charge in [0.15, 0.2) is 17.9 Å². The van der Waals surface area contributed by atoms with Gasteiger partial charge in [-0.1, -0.05) is 12.1 Å². The van der Waals surface area contributed by atoms with Crippen LogP contribution in [0, 0.1) is 11.3 Å². The molecule has 0 aromatic heterocycles. The molecule has 2 saturated heterocycles. The van der Waals surface area contributed by atoms with Crippen LogP contribution >= 0.6 is 0 Å². The van der Waals surface area contributed by atoms with Gasteiger partial charge in [0.05, 0.1) is 61.4 Å². The van der Waals surface area contributed by atoms with E-state index in [2.05, 4.69) is 6.07 Å². The van der Waals surface area contributed by atoms with Crippen molar-refractivity contribution < 1.29 is 58.9 Å². The standard InChI is InChI=1S/C32H34N2O12/c1-14-27(37)18(34-6-7-44-13-15(34)11-33)8-22(45-14)46-20-10-32(42,21(36)12-35)9-17-24(20)31(41)26-25(29(17)39)28(38)16-4-3-5-19(43-2)23(16)30(26)40/h3-5,14-15,18,20,22,27,35,37,39,41-42H,6-10,12-13H2,1-2H3/t14?,15?,18?,20?,22?,27?,32-/m0/s1. The fourth-order valence-electron chi connectivity index (χ4n) is 7.15. The van der Waals surface area contributed by atoms with Crippen molar-refractivity contribution in [2.24, 2.45) is 0 Å². The molecule has 0 saturated carbocycles. The summed E-state index contributed by atoms with van der Waals surface area (Å²) in [7, 11) is 1.32. The number of nitrogens with zero attached hydrogens (tertiary/aromatic N) is 2. The molecule has 6 unspecified atom stereocenters. The number of ketones is 3. The minimum Gasteiger partial charge on any atom is -0.507 e. The predicted molar refractivity (Wildman–Crippen MR) is 154 cm³/mol. The zero-order valence-electron chi connectivity index (χ0n) is 25.1. The number of aliphatic hydroxyl groups is 3. The number of phenols is 2. The number of carbonyl (C=O) groups is 3. The summed E-state index contributed by atoms with van der Waals surface area (Å²) < 4.78 is 23.0. The molecule has 0 radical (unpaired) electrons. The minimum absolute atomic E-state index is 0.0293. The van der Waals surface area contributed by atoms with Crippen molar-refractivity contribution in [3.63, 3.8) is 0 Å². The molecule has 2 aliphatic heterocycles. The molecule has 2 aromatic rings. The van der Waals surface area contributed by atoms with Crippen LogP contribution in [0.1, 0.15) is 68.8 Å². The molecule has 0 bridgehead atoms. The summed E-state index contributed by atoms with van der Waals surface area (Å²) in [6.45, 7) is 1.42. The Morgan fingerprint density at radius 2 is 1.91 bits per heavy atom. The van der Waals surface area contributed by atoms with Crippen molar-refractivity contribution in [2.75, 3.05) is 33.5 Å². The number of ether oxygens (including phenoxy) is 4. The van der Waals surface area contributed by atoms with Crippen molar-refractivity contribution in [1.82, 2.24) is 4.90 Å². The molecule has 2 fully saturated rings. The Bertz CT molecular complexity index is 1650. The number of hydrogen-bond acceptors (Lipinski definition) is 14. The third-order valence-electron chi connectivity index (χ3n) is 9.48. The lowest BCUT2D eigenvalue weighted by atomic mass is 9.72. The Morgan fingerprint density at radius 3 is 2.61 bits per heavy atom. The fraction of sp³-hybridized carbons (Fsp3) is 0.500. The van der Waals surface area contributed by atoms with Gasteiger partial charge in [-0.25, -0.2) is 0 Å². The van der Waals surface area contributed by atoms with Gasteiger partial charge < -0.3 is 44.5 Å². The molecule has 5 N–H and O–H groups in total. The van der Waals surface area contributed by atoms with E-state index >= 15 is 0 Å². The number of morpholine rings is 1. The number of carbonyl (C=O) groups excluding carboxylic acids is 3. The number of Topliss-reactive ketones (excluding diaryl/α,β-unsaturated/α-hetero) is 1. The van der Waals surface area contributed by atoms with Crippen molar-refractivity contribution in [3.05, 3.63) is 51.6 Å². The van der Waals surface area contributed by atoms with E-state index < -0.39 is 102 Å². The van der Waals surface area contributed by atoms with Gasteiger partial charge in [-0.2, -0.15) is 5.26 Å². The lowest BCUT2D eigenvalue weighted by molar-refractivity contribution is -0.262. The van der Waals surface area contributed by atoms with Crippen LogP contribution in [0.15, 0.2) is 18.2 Å². The third-order valence-corrected chi connectivity index (χ3v) is 9.48. The monoisotopic (exact) mass is 638 g/mol. The molecule has 0 spiro atoms. The van der Waals surface area contributed by atoms with Crippen LogP contribution in [-0.2, 0) is 25.4 Å². The van der Waals surface area contributed by atoms with Crippen LogP contribution in [0.4, 0.5) is 0 Å². The summed E-state index contributed by atoms with van der Waals surface area (Å²) in [4.78, 5) is 42.2. The van der Waals surface area contributed by atoms with Crippen LogP contribution in [0.3, 0.4) is 0 Å². The molecule has 2 aromatic carbocycles. The van der Waals surface area contributed by atoms with Crippen molar-refractivity contribution in [3.8, 4) is 23.3 Å². The van der Waals surface area contributed by atoms with E-state index in [0.29, 0.717) is 13.2 Å². The molecule has 46 heavy (non-hydrogen) atoms. The zero-order valence-corrected chi connectivity index (χ0v) is 25.1. The molecule has 2 heterocycles. The van der Waals surface area contributed by atoms with E-state index in [1.165, 1.54) is 25.3 Å². The molecule has 7 atom stereocenters. The second-order valence-electron chi connectivity index (χ2n) is 12.0. The number of aliphatic hydroxyl groups excluding tert-OH is 2. The SMILES string of the molecule is COc1cccc2c1C(=O)c1c(O)c3c(c(O)c1C2=O)C[C@@](O)(C(=O)CO)CC3OC1CC(N2CCOCC2C#N)C(O)C(C)O1. The van der Waals surface area contributed by atoms with Gasteiger partial charge in [-0.05, 0) is 13.0 Å². The van der Waals surface area contributed by atoms with Crippen molar-refractivity contribution >= 4 is 17.3 Å². The number of fused-ring (bicyclic) bond motifs is 3. The van der Waals surface area contributed by atoms with E-state index in [1.54, 1.807) is 11.8 Å². The number of nitriles is 1. The largest absolute Gasteiger partial charge is 0.507 e. The summed E-state index contributed by atoms with van der Waals surface area (Å²) in [6.07, 6.45) is -5.39. The Balaban J connectivity index is 1.44. The summed E-state index contributed by atoms with van der Waals surface area (Å²) in [5.74, 6) is -3.87. The Hall–Kier alpha value is -3.94. The first-order valence-corrected chi connectivity index (χ1v) is 14.9. The van der Waals surface area contributed by atoms with Crippen LogP contribution in [0.5, 0.6) is 17.2 Å². The number of rotatable bonds is 6. The fourth-order valence-corrected chi connectivity index (χ4v) is 7.15. The van der Waals surface area contributed by atoms with E-state index in [9.17, 15) is 45.2 Å². The lowest BCUT2D eigenvalue weighted by Gasteiger charge is -2.47. The smallest absolute Gasteiger partial charge is 0.202 e. The van der Waals surface area contributed by atoms with E-state index in [0.717, 1.165) is 0 Å². The van der Waals surface area contributed by atoms with Gasteiger partial charge in [-0.15, -0.1) is 0 Å². The normalized spacial score (nSPS) is 31.0. The highest BCUT2D eigenvalue weighted by Gasteiger charge is 2.51. The number of methoxy groups -OCH3 is 1. The molecular weight excluding hydrogens is 604 g/mol. The van der Waals surface area contributed by atoms with E-state index in [4.69, 9.17) is 18.9 Å². The van der Waals surface area contributed by atoms with Crippen molar-refractivity contribution in [1.29, 1.82) is 5.26 Å². The van der Waals surface area contributed by atoms with E-state index in [1.807, 2.05) is 0 Å². The Morgan fingerprint density at radius 1 is 1.17 bits per heavy atom. The number of aromatic hydroxyl groups is 2. The zero-order chi connectivity index (χ0) is 33.1. The number of hydrogen-bond donors (Lipinski definition) is 5. The quantitative estimate of drug-likeness (QED) is 0.229. The molecular formula is C32H34N2O12. The third kappa shape index (κ3) is 4.96. The first-order valence-electron chi connectivity index (χ1n) is 14.9. The molecule has 0 amide bonds. The van der Waals surface area contributed by atoms with Crippen LogP contribution in [-0.4, -0.2) is 117 Å². The maximum absolute atomic E-state index is 13.9. The summed E-state index contributed by atoms with van der Waals surface area (Å²) in [5.41, 5.74) is -3.78. The highest BCUT2D eigenvalue weighted by molar-refractivity contribution is 6.31. The number of benzene rings is 2. The molecule has 244 valence electrons. The van der Waals surface area contributed by atoms with E-state index in [-0.39, 0.29) is 41.0 Å². The van der Waals surface area contributed by atoms with Gasteiger partial charge in [-0.3, -0.25) is 19.3 Å². The maximum atomic E-state index is 13.9. The highest BCUT2D eigenvalue weighted by atomic mass is 16.7. The average Bonchev–Trinajstić information content (AvgIpc) is 3.05. The van der Waals surface area contributed by atoms with Crippen LogP contribution < -0.4 is 4.74 Å². The van der Waals surface area contributed by atoms with Crippen LogP contribution in [0.25, 0.3) is 0 Å². The van der Waals surface area contributed by atoms with Crippen LogP contribution in [0.2, 0.25) is 0 Å². The summed E-state index contributed by atoms with van der Waals surface area (Å²) in [6, 6.07) is 5.28. The first kappa shape index (κ1) is 32.0. The van der Waals surface area contributed by atoms with Gasteiger partial charge in [0.2, 0.25) is 5.78 Å². The number of phenolic OH excluding ortho intramolecular Hbond substituents is 2. The van der Waals surface area contributed by atoms with Gasteiger partial charge >= 0.3 is 0 Å². The topological polar surface area (TPSA) is 216 Å². The molecule has 6 rings (SSSR count). The summed E-state index contributed by atoms with van der Waals surface area (Å²) in [5, 5.41) is 65.1. The van der Waals surface area contributed by atoms with Gasteiger partial charge in [0.25, 0.3) is 0 Å². The maximum Gasteiger partial charge on any atom is 0.202 e. The Kier molecular flexibility index (Phi) is 8.36. The van der Waals surface area contributed by atoms with Gasteiger partial charge in [0.1, 0.15) is 35.5 Å². The average molecular weight is 639 g/mol. The second-order valence-corrected chi connectivity index (χ2v) is 12.0. The molecule has 14 nitrogen and oxygen atoms in total. The minimum atomic E-state index is -2.29. The second kappa shape index (κ2) is 12.0.